The van der Waals surface area contributed by atoms with E-state index in [-0.39, 0.29) is 88.3 Å². The van der Waals surface area contributed by atoms with Crippen molar-refractivity contribution in [2.45, 2.75) is 276 Å². The Bertz CT molecular complexity index is 2680. The predicted molar refractivity (Wildman–Crippen MR) is 406 cm³/mol. The minimum atomic E-state index is -1.40. The Hall–Kier alpha value is -4.51. The summed E-state index contributed by atoms with van der Waals surface area (Å²) in [5.74, 6) is -0.307. The lowest BCUT2D eigenvalue weighted by atomic mass is 9.73. The number of likely N-dealkylation sites (N-methyl/N-ethyl adjacent to an activating group) is 2. The highest BCUT2D eigenvalue weighted by Gasteiger charge is 2.85. The van der Waals surface area contributed by atoms with Crippen LogP contribution in [0.25, 0.3) is 0 Å². The van der Waals surface area contributed by atoms with Crippen molar-refractivity contribution in [1.29, 1.82) is 0 Å². The molecule has 2 unspecified atom stereocenters. The second-order valence-corrected chi connectivity index (χ2v) is 33.5. The van der Waals surface area contributed by atoms with E-state index in [0.717, 1.165) is 129 Å². The van der Waals surface area contributed by atoms with Crippen LogP contribution in [-0.2, 0) is 52.5 Å². The molecule has 0 aromatic carbocycles. The Kier molecular flexibility index (Phi) is 35.6. The number of halogens is 1. The van der Waals surface area contributed by atoms with Gasteiger partial charge in [-0.2, -0.15) is 0 Å². The molecule has 5 heterocycles. The zero-order chi connectivity index (χ0) is 75.0. The smallest absolute Gasteiger partial charge is 0.320 e. The monoisotopic (exact) mass is 1500 g/mol. The number of fused-ring (bicyclic) bond motifs is 1. The maximum absolute atomic E-state index is 14.9. The number of urea groups is 1. The van der Waals surface area contributed by atoms with Gasteiger partial charge in [0.25, 0.3) is 5.91 Å². The lowest BCUT2D eigenvalue weighted by Crippen LogP contribution is -2.62. The Morgan fingerprint density at radius 3 is 1.35 bits per heavy atom. The van der Waals surface area contributed by atoms with Crippen LogP contribution in [0.1, 0.15) is 221 Å². The zero-order valence-corrected chi connectivity index (χ0v) is 66.2. The minimum Gasteiger partial charge on any atom is -0.480 e. The summed E-state index contributed by atoms with van der Waals surface area (Å²) in [6.07, 6.45) is 28.0. The molecule has 11 N–H and O–H groups in total. The number of carbonyl (C=O) groups excluding carboxylic acids is 7. The highest BCUT2D eigenvalue weighted by molar-refractivity contribution is 5.95. The fraction of sp³-hybridized carbons (Fsp3) is 0.897. The molecule has 12 rings (SSSR count). The van der Waals surface area contributed by atoms with E-state index < -0.39 is 53.6 Å². The highest BCUT2D eigenvalue weighted by Crippen LogP contribution is 2.88. The van der Waals surface area contributed by atoms with Crippen LogP contribution in [0, 0.1) is 45.3 Å². The van der Waals surface area contributed by atoms with Gasteiger partial charge in [0.2, 0.25) is 29.5 Å². The molecule has 0 radical (unpaired) electrons. The van der Waals surface area contributed by atoms with Crippen LogP contribution in [0.2, 0.25) is 0 Å². The first-order valence-corrected chi connectivity index (χ1v) is 40.8. The van der Waals surface area contributed by atoms with E-state index in [1.807, 2.05) is 44.5 Å². The van der Waals surface area contributed by atoms with Crippen LogP contribution in [0.5, 0.6) is 0 Å². The normalized spacial score (nSPS) is 26.2. The minimum absolute atomic E-state index is 0. The van der Waals surface area contributed by atoms with Crippen molar-refractivity contribution in [3.05, 3.63) is 0 Å². The van der Waals surface area contributed by atoms with Crippen molar-refractivity contribution in [3.8, 4) is 0 Å². The number of nitrogens with zero attached hydrogens (tertiary/aromatic N) is 4. The van der Waals surface area contributed by atoms with Crippen molar-refractivity contribution in [2.24, 2.45) is 51.1 Å². The predicted octanol–water partition coefficient (Wildman–Crippen LogP) is 6.26. The molecule has 5 aliphatic heterocycles. The van der Waals surface area contributed by atoms with E-state index in [4.69, 9.17) is 29.8 Å². The maximum atomic E-state index is 14.9. The van der Waals surface area contributed by atoms with Crippen LogP contribution in [0.15, 0.2) is 0 Å². The maximum Gasteiger partial charge on any atom is 0.320 e. The summed E-state index contributed by atoms with van der Waals surface area (Å²) >= 11 is 0. The van der Waals surface area contributed by atoms with Gasteiger partial charge < -0.3 is 91.7 Å². The fourth-order valence-electron chi connectivity index (χ4n) is 18.9. The summed E-state index contributed by atoms with van der Waals surface area (Å²) < 4.78 is 21.0. The number of carbonyl (C=O) groups is 8. The first-order chi connectivity index (χ1) is 49.9. The van der Waals surface area contributed by atoms with Gasteiger partial charge in [-0.15, -0.1) is 12.4 Å². The van der Waals surface area contributed by atoms with E-state index in [1.54, 1.807) is 16.8 Å². The van der Waals surface area contributed by atoms with E-state index in [0.29, 0.717) is 109 Å². The number of aliphatic hydroxyl groups excluding tert-OH is 1. The SMILES string of the molecule is C1COCCN1.CCCC(NC(=O)[C@@H]1C[C@@]2(CN1C(=O)[C@@H](NC(=O)N[C@H](C(=O)N1CCOCC1)C1CCCCC1)C(C)(C)C)C(C)(C)C21CCC1)C(O)C(=O)NC1CC1.CN[C@H](C(=O)N1CCOCC1)C1CCCCC1.CN[C@H](C(=O)O)C1CCCCC1.Cl.N[C@H](C(=O)N1CCOCC1)C1CCCCC1. The Morgan fingerprint density at radius 1 is 0.543 bits per heavy atom. The molecule has 12 fully saturated rings. The number of hydrogen-bond acceptors (Lipinski definition) is 17. The standard InChI is InChI=1S/C40H66N6O7.C13H24N2O2.C12H22N2O2.C9H17NO2.C4H9NO.ClH/c1-7-12-27(30(47)33(49)41-26-15-16-26)42-32(48)28-23-40(38(5,6)39(40)17-11-18-39)24-46(28)35(51)31(37(2,3)4)44-36(52)43-29(25-13-9-8-10-14-25)34(50)45-19-21-53-22-20-45;1-14-12(11-5-3-2-4-6-11)13(16)15-7-9-17-10-8-15;13-11(10-4-2-1-3-5-10)12(15)14-6-8-16-9-7-14;1-10-8(9(11)12)7-5-3-2-4-6-7;1-3-6-4-2-5-1;/h25-31,47H,7-24H2,1-6H3,(H,41,49)(H,42,48)(H2,43,44,52);11-12,14H,2-10H2,1H3;10-11H,1-9,13H2;7-8,10H,2-6H2,1H3,(H,11,12);5H,1-4H2;1H/t27?,28-,29-,30?,31+,40+;12-;11-;8-;;/m0000../s1. The molecule has 2 spiro atoms. The Morgan fingerprint density at radius 2 is 0.971 bits per heavy atom. The largest absolute Gasteiger partial charge is 0.480 e. The number of likely N-dealkylation sites (tertiary alicyclic amines) is 1. The van der Waals surface area contributed by atoms with E-state index >= 15 is 0 Å². The third kappa shape index (κ3) is 23.5. The average Bonchev–Trinajstić information content (AvgIpc) is 1.45. The van der Waals surface area contributed by atoms with Crippen molar-refractivity contribution < 1.29 is 67.5 Å². The highest BCUT2D eigenvalue weighted by atomic mass is 35.5. The average molecular weight is 1500 g/mol. The summed E-state index contributed by atoms with van der Waals surface area (Å²) in [6.45, 7) is 23.9. The molecule has 9 atom stereocenters. The summed E-state index contributed by atoms with van der Waals surface area (Å²) in [4.78, 5) is 113. The summed E-state index contributed by atoms with van der Waals surface area (Å²) in [5.41, 5.74) is 5.09. The summed E-state index contributed by atoms with van der Waals surface area (Å²) in [5, 5.41) is 41.1. The van der Waals surface area contributed by atoms with Gasteiger partial charge in [0.05, 0.1) is 71.0 Å². The summed E-state index contributed by atoms with van der Waals surface area (Å²) in [6, 6.07) is -4.40. The van der Waals surface area contributed by atoms with Crippen molar-refractivity contribution >= 4 is 59.9 Å². The number of ether oxygens (including phenoxy) is 4. The molecule has 0 aromatic heterocycles. The van der Waals surface area contributed by atoms with Crippen LogP contribution in [0.4, 0.5) is 4.79 Å². The van der Waals surface area contributed by atoms with Gasteiger partial charge in [0.1, 0.15) is 24.2 Å². The lowest BCUT2D eigenvalue weighted by molar-refractivity contribution is -0.143. The molecular weight excluding hydrogens is 1360 g/mol. The topological polar surface area (TPSA) is 337 Å². The van der Waals surface area contributed by atoms with Crippen LogP contribution in [-0.4, -0.2) is 258 Å². The molecule has 7 aliphatic carbocycles. The van der Waals surface area contributed by atoms with Crippen LogP contribution >= 0.6 is 12.4 Å². The number of amides is 8. The van der Waals surface area contributed by atoms with Gasteiger partial charge in [0.15, 0.2) is 6.10 Å². The Balaban J connectivity index is 0.000000236. The van der Waals surface area contributed by atoms with Crippen molar-refractivity contribution in [3.63, 3.8) is 0 Å². The molecule has 105 heavy (non-hydrogen) atoms. The van der Waals surface area contributed by atoms with Gasteiger partial charge >= 0.3 is 12.0 Å². The first kappa shape index (κ1) is 87.7. The first-order valence-electron chi connectivity index (χ1n) is 40.8. The molecule has 5 saturated heterocycles. The summed E-state index contributed by atoms with van der Waals surface area (Å²) in [7, 11) is 3.64. The molecule has 0 bridgehead atoms. The van der Waals surface area contributed by atoms with E-state index in [9.17, 15) is 43.5 Å². The number of aliphatic carboxylic acids is 1. The van der Waals surface area contributed by atoms with E-state index in [2.05, 4.69) is 51.1 Å². The lowest BCUT2D eigenvalue weighted by Gasteiger charge is -2.38. The molecule has 0 aromatic rings. The molecule has 7 saturated carbocycles. The zero-order valence-electron chi connectivity index (χ0n) is 65.4. The van der Waals surface area contributed by atoms with Crippen molar-refractivity contribution in [2.75, 3.05) is 126 Å². The molecule has 12 aliphatic rings. The molecule has 26 nitrogen and oxygen atoms in total. The molecule has 27 heteroatoms. The number of carboxylic acid groups (broad SMARTS) is 1. The second-order valence-electron chi connectivity index (χ2n) is 33.5. The van der Waals surface area contributed by atoms with Crippen molar-refractivity contribution in [1.82, 2.24) is 56.8 Å². The van der Waals surface area contributed by atoms with Gasteiger partial charge in [0, 0.05) is 70.4 Å². The number of carboxylic acids is 1. The number of rotatable bonds is 20. The molecule has 602 valence electrons. The molecule has 8 amide bonds. The quantitative estimate of drug-likeness (QED) is 0.0642. The van der Waals surface area contributed by atoms with Gasteiger partial charge in [-0.05, 0) is 144 Å². The number of morpholine rings is 4. The Labute approximate surface area is 634 Å². The number of nitrogens with two attached hydrogens (primary N) is 1. The van der Waals surface area contributed by atoms with Gasteiger partial charge in [-0.25, -0.2) is 4.79 Å². The third-order valence-corrected chi connectivity index (χ3v) is 25.6. The van der Waals surface area contributed by atoms with Gasteiger partial charge in [-0.1, -0.05) is 131 Å². The number of hydrogen-bond donors (Lipinski definition) is 10. The van der Waals surface area contributed by atoms with Gasteiger partial charge in [-0.3, -0.25) is 33.6 Å². The number of nitrogens with one attached hydrogen (secondary N) is 7. The molecular formula is C78H139ClN12O14. The van der Waals surface area contributed by atoms with Crippen LogP contribution < -0.4 is 43.0 Å². The second kappa shape index (κ2) is 42.6. The fourth-order valence-corrected chi connectivity index (χ4v) is 18.9. The van der Waals surface area contributed by atoms with E-state index in [1.165, 1.54) is 70.6 Å². The van der Waals surface area contributed by atoms with Crippen LogP contribution in [0.3, 0.4) is 0 Å². The third-order valence-electron chi connectivity index (χ3n) is 25.6. The number of aliphatic hydroxyl groups is 1.